The van der Waals surface area contributed by atoms with Crippen LogP contribution in [-0.2, 0) is 0 Å². The van der Waals surface area contributed by atoms with Gasteiger partial charge in [-0.3, -0.25) is 0 Å². The third-order valence-corrected chi connectivity index (χ3v) is 4.21. The van der Waals surface area contributed by atoms with Gasteiger partial charge >= 0.3 is 0 Å². The number of para-hydroxylation sites is 2. The van der Waals surface area contributed by atoms with Gasteiger partial charge in [-0.15, -0.1) is 0 Å². The molecule has 3 nitrogen and oxygen atoms in total. The first-order valence-corrected chi connectivity index (χ1v) is 7.63. The maximum absolute atomic E-state index is 5.80. The lowest BCUT2D eigenvalue weighted by atomic mass is 10.2. The summed E-state index contributed by atoms with van der Waals surface area (Å²) in [4.78, 5) is 2.46. The van der Waals surface area contributed by atoms with E-state index < -0.39 is 0 Å². The lowest BCUT2D eigenvalue weighted by Crippen LogP contribution is -2.36. The Hall–Kier alpha value is -1.22. The lowest BCUT2D eigenvalue weighted by molar-refractivity contribution is 0.322. The molecule has 104 valence electrons. The van der Waals surface area contributed by atoms with Crippen molar-refractivity contribution in [2.75, 3.05) is 31.1 Å². The van der Waals surface area contributed by atoms with Crippen LogP contribution in [0, 0.1) is 0 Å². The SMILES string of the molecule is c1ccc2c(c1)OCCCN2CCNC1CCCC1. The van der Waals surface area contributed by atoms with Crippen LogP contribution >= 0.6 is 0 Å². The van der Waals surface area contributed by atoms with Crippen LogP contribution in [0.15, 0.2) is 24.3 Å². The van der Waals surface area contributed by atoms with Gasteiger partial charge in [-0.05, 0) is 31.4 Å². The van der Waals surface area contributed by atoms with Crippen LogP contribution in [0.4, 0.5) is 5.69 Å². The summed E-state index contributed by atoms with van der Waals surface area (Å²) in [5.41, 5.74) is 1.26. The van der Waals surface area contributed by atoms with Gasteiger partial charge in [0, 0.05) is 25.7 Å². The summed E-state index contributed by atoms with van der Waals surface area (Å²) in [6.07, 6.45) is 6.63. The Bertz CT molecular complexity index is 401. The number of benzene rings is 1. The van der Waals surface area contributed by atoms with Crippen LogP contribution < -0.4 is 15.0 Å². The molecule has 1 aliphatic carbocycles. The van der Waals surface area contributed by atoms with Crippen molar-refractivity contribution in [1.29, 1.82) is 0 Å². The van der Waals surface area contributed by atoms with Crippen molar-refractivity contribution in [2.45, 2.75) is 38.1 Å². The van der Waals surface area contributed by atoms with Crippen LogP contribution in [-0.4, -0.2) is 32.3 Å². The van der Waals surface area contributed by atoms with Crippen LogP contribution in [0.25, 0.3) is 0 Å². The molecule has 1 aliphatic heterocycles. The molecular weight excluding hydrogens is 236 g/mol. The minimum Gasteiger partial charge on any atom is -0.491 e. The van der Waals surface area contributed by atoms with Crippen molar-refractivity contribution < 1.29 is 4.74 Å². The number of fused-ring (bicyclic) bond motifs is 1. The smallest absolute Gasteiger partial charge is 0.142 e. The van der Waals surface area contributed by atoms with E-state index in [4.69, 9.17) is 4.74 Å². The van der Waals surface area contributed by atoms with Gasteiger partial charge in [0.1, 0.15) is 5.75 Å². The maximum Gasteiger partial charge on any atom is 0.142 e. The second-order valence-electron chi connectivity index (χ2n) is 5.59. The molecule has 1 saturated carbocycles. The van der Waals surface area contributed by atoms with Gasteiger partial charge in [0.2, 0.25) is 0 Å². The zero-order valence-corrected chi connectivity index (χ0v) is 11.6. The molecule has 2 aliphatic rings. The first kappa shape index (κ1) is 12.8. The predicted octanol–water partition coefficient (Wildman–Crippen LogP) is 2.81. The summed E-state index contributed by atoms with van der Waals surface area (Å²) >= 11 is 0. The highest BCUT2D eigenvalue weighted by atomic mass is 16.5. The largest absolute Gasteiger partial charge is 0.491 e. The number of hydrogen-bond acceptors (Lipinski definition) is 3. The molecule has 0 unspecified atom stereocenters. The highest BCUT2D eigenvalue weighted by molar-refractivity contribution is 5.58. The van der Waals surface area contributed by atoms with E-state index in [9.17, 15) is 0 Å². The van der Waals surface area contributed by atoms with Crippen molar-refractivity contribution in [3.8, 4) is 5.75 Å². The van der Waals surface area contributed by atoms with Crippen molar-refractivity contribution in [2.24, 2.45) is 0 Å². The third-order valence-electron chi connectivity index (χ3n) is 4.21. The highest BCUT2D eigenvalue weighted by Gasteiger charge is 2.17. The molecule has 0 radical (unpaired) electrons. The molecule has 0 saturated heterocycles. The molecule has 0 spiro atoms. The molecule has 1 N–H and O–H groups in total. The average Bonchev–Trinajstić information content (AvgIpc) is 2.87. The predicted molar refractivity (Wildman–Crippen MR) is 79.0 cm³/mol. The molecule has 3 heteroatoms. The van der Waals surface area contributed by atoms with Crippen LogP contribution in [0.5, 0.6) is 5.75 Å². The lowest BCUT2D eigenvalue weighted by Gasteiger charge is -2.24. The van der Waals surface area contributed by atoms with Gasteiger partial charge in [-0.25, -0.2) is 0 Å². The minimum atomic E-state index is 0.762. The van der Waals surface area contributed by atoms with Gasteiger partial charge in [0.05, 0.1) is 12.3 Å². The average molecular weight is 260 g/mol. The molecule has 0 atom stereocenters. The summed E-state index contributed by atoms with van der Waals surface area (Å²) in [5, 5.41) is 3.70. The monoisotopic (exact) mass is 260 g/mol. The van der Waals surface area contributed by atoms with Crippen LogP contribution in [0.3, 0.4) is 0 Å². The van der Waals surface area contributed by atoms with Gasteiger partial charge in [-0.1, -0.05) is 25.0 Å². The Labute approximate surface area is 115 Å². The Morgan fingerprint density at radius 2 is 2.00 bits per heavy atom. The van der Waals surface area contributed by atoms with E-state index in [2.05, 4.69) is 34.5 Å². The number of rotatable bonds is 4. The van der Waals surface area contributed by atoms with Gasteiger partial charge in [0.25, 0.3) is 0 Å². The topological polar surface area (TPSA) is 24.5 Å². The Balaban J connectivity index is 1.57. The van der Waals surface area contributed by atoms with Crippen LogP contribution in [0.2, 0.25) is 0 Å². The molecule has 19 heavy (non-hydrogen) atoms. The molecule has 0 bridgehead atoms. The minimum absolute atomic E-state index is 0.762. The van der Waals surface area contributed by atoms with E-state index in [1.165, 1.54) is 31.4 Å². The van der Waals surface area contributed by atoms with E-state index in [1.54, 1.807) is 0 Å². The maximum atomic E-state index is 5.80. The molecule has 1 heterocycles. The van der Waals surface area contributed by atoms with Gasteiger partial charge in [-0.2, -0.15) is 0 Å². The number of nitrogens with one attached hydrogen (secondary N) is 1. The molecule has 1 fully saturated rings. The fourth-order valence-electron chi connectivity index (χ4n) is 3.16. The molecular formula is C16H24N2O. The Morgan fingerprint density at radius 1 is 1.16 bits per heavy atom. The van der Waals surface area contributed by atoms with Gasteiger partial charge in [0.15, 0.2) is 0 Å². The second kappa shape index (κ2) is 6.29. The molecule has 0 aromatic heterocycles. The first-order valence-electron chi connectivity index (χ1n) is 7.63. The van der Waals surface area contributed by atoms with E-state index in [0.717, 1.165) is 44.5 Å². The van der Waals surface area contributed by atoms with Crippen LogP contribution in [0.1, 0.15) is 32.1 Å². The third kappa shape index (κ3) is 3.21. The van der Waals surface area contributed by atoms with E-state index in [1.807, 2.05) is 0 Å². The van der Waals surface area contributed by atoms with Crippen molar-refractivity contribution >= 4 is 5.69 Å². The quantitative estimate of drug-likeness (QED) is 0.901. The summed E-state index contributed by atoms with van der Waals surface area (Å²) < 4.78 is 5.80. The summed E-state index contributed by atoms with van der Waals surface area (Å²) in [5.74, 6) is 1.04. The summed E-state index contributed by atoms with van der Waals surface area (Å²) in [7, 11) is 0. The molecule has 1 aromatic carbocycles. The normalized spacial score (nSPS) is 19.9. The molecule has 0 amide bonds. The zero-order valence-electron chi connectivity index (χ0n) is 11.6. The summed E-state index contributed by atoms with van der Waals surface area (Å²) in [6, 6.07) is 9.18. The number of ether oxygens (including phenoxy) is 1. The van der Waals surface area contributed by atoms with E-state index >= 15 is 0 Å². The number of hydrogen-bond donors (Lipinski definition) is 1. The first-order chi connectivity index (χ1) is 9.43. The van der Waals surface area contributed by atoms with Crippen molar-refractivity contribution in [1.82, 2.24) is 5.32 Å². The Morgan fingerprint density at radius 3 is 2.89 bits per heavy atom. The molecule has 3 rings (SSSR count). The van der Waals surface area contributed by atoms with Gasteiger partial charge < -0.3 is 15.0 Å². The fourth-order valence-corrected chi connectivity index (χ4v) is 3.16. The number of nitrogens with zero attached hydrogens (tertiary/aromatic N) is 1. The van der Waals surface area contributed by atoms with E-state index in [0.29, 0.717) is 0 Å². The van der Waals surface area contributed by atoms with E-state index in [-0.39, 0.29) is 0 Å². The highest BCUT2D eigenvalue weighted by Crippen LogP contribution is 2.30. The second-order valence-corrected chi connectivity index (χ2v) is 5.59. The standard InChI is InChI=1S/C16H24N2O/c1-2-7-14(6-1)17-10-12-18-11-5-13-19-16-9-4-3-8-15(16)18/h3-4,8-9,14,17H,1-2,5-7,10-13H2. The molecule has 1 aromatic rings. The van der Waals surface area contributed by atoms with Crippen molar-refractivity contribution in [3.05, 3.63) is 24.3 Å². The zero-order chi connectivity index (χ0) is 12.9. The van der Waals surface area contributed by atoms with Crippen molar-refractivity contribution in [3.63, 3.8) is 0 Å². The number of anilines is 1. The fraction of sp³-hybridized carbons (Fsp3) is 0.625. The summed E-state index contributed by atoms with van der Waals surface area (Å²) in [6.45, 7) is 4.10. The Kier molecular flexibility index (Phi) is 4.23.